The molecule has 1 aromatic rings. The first-order valence-corrected chi connectivity index (χ1v) is 5.99. The van der Waals surface area contributed by atoms with Crippen LogP contribution < -0.4 is 16.4 Å². The molecule has 0 saturated heterocycles. The van der Waals surface area contributed by atoms with Gasteiger partial charge in [0.05, 0.1) is 0 Å². The fraction of sp³-hybridized carbons (Fsp3) is 0.111. The number of nitrogens with zero attached hydrogens (tertiary/aromatic N) is 1. The van der Waals surface area contributed by atoms with E-state index in [4.69, 9.17) is 16.4 Å². The van der Waals surface area contributed by atoms with E-state index in [2.05, 4.69) is 15.6 Å². The van der Waals surface area contributed by atoms with Crippen LogP contribution in [0.5, 0.6) is 0 Å². The maximum absolute atomic E-state index is 10.6. The molecule has 5 nitrogen and oxygen atoms in total. The first-order valence-electron chi connectivity index (χ1n) is 4.34. The zero-order valence-electron chi connectivity index (χ0n) is 8.53. The zero-order valence-corrected chi connectivity index (χ0v) is 10.1. The van der Waals surface area contributed by atoms with Crippen LogP contribution in [0.3, 0.4) is 0 Å². The van der Waals surface area contributed by atoms with Crippen molar-refractivity contribution in [3.8, 4) is 0 Å². The molecule has 16 heavy (non-hydrogen) atoms. The van der Waals surface area contributed by atoms with Gasteiger partial charge in [-0.05, 0) is 39.9 Å². The highest BCUT2D eigenvalue weighted by atomic mass is 35.7. The van der Waals surface area contributed by atoms with E-state index in [1.807, 2.05) is 24.3 Å². The molecule has 1 aromatic carbocycles. The largest absolute Gasteiger partial charge is 0.351 e. The number of hydrogen-bond donors (Lipinski definition) is 3. The van der Waals surface area contributed by atoms with Crippen molar-refractivity contribution < 1.29 is 4.79 Å². The van der Waals surface area contributed by atoms with Crippen LogP contribution >= 0.6 is 21.7 Å². The van der Waals surface area contributed by atoms with E-state index in [-0.39, 0.29) is 5.96 Å². The topological polar surface area (TPSA) is 79.5 Å². The molecule has 0 saturated carbocycles. The van der Waals surface area contributed by atoms with Gasteiger partial charge in [-0.15, -0.1) is 0 Å². The molecule has 0 heterocycles. The quantitative estimate of drug-likeness (QED) is 0.561. The third-order valence-corrected chi connectivity index (χ3v) is 2.62. The maximum atomic E-state index is 10.6. The SMILES string of the molecule is CN=C(NC(N)=O)Nc1cccc(SCl)c1. The number of carbonyl (C=O) groups is 1. The lowest BCUT2D eigenvalue weighted by Gasteiger charge is -2.09. The summed E-state index contributed by atoms with van der Waals surface area (Å²) in [7, 11) is 8.27. The molecule has 0 aliphatic rings. The molecule has 0 unspecified atom stereocenters. The minimum absolute atomic E-state index is 0.282. The summed E-state index contributed by atoms with van der Waals surface area (Å²) in [5.74, 6) is 0.282. The zero-order chi connectivity index (χ0) is 12.0. The Morgan fingerprint density at radius 3 is 2.88 bits per heavy atom. The fourth-order valence-electron chi connectivity index (χ4n) is 1.02. The van der Waals surface area contributed by atoms with E-state index in [9.17, 15) is 4.79 Å². The molecule has 7 heteroatoms. The number of rotatable bonds is 2. The predicted octanol–water partition coefficient (Wildman–Crippen LogP) is 2.00. The van der Waals surface area contributed by atoms with Gasteiger partial charge in [0.1, 0.15) is 0 Å². The van der Waals surface area contributed by atoms with Crippen molar-refractivity contribution in [2.24, 2.45) is 10.7 Å². The van der Waals surface area contributed by atoms with Crippen LogP contribution in [0.15, 0.2) is 34.2 Å². The van der Waals surface area contributed by atoms with Crippen LogP contribution in [0.1, 0.15) is 0 Å². The third-order valence-electron chi connectivity index (χ3n) is 1.65. The summed E-state index contributed by atoms with van der Waals surface area (Å²) in [6, 6.07) is 6.68. The van der Waals surface area contributed by atoms with Crippen LogP contribution in [0, 0.1) is 0 Å². The Hall–Kier alpha value is -1.40. The monoisotopic (exact) mass is 258 g/mol. The van der Waals surface area contributed by atoms with Crippen molar-refractivity contribution in [1.29, 1.82) is 0 Å². The van der Waals surface area contributed by atoms with E-state index in [0.29, 0.717) is 0 Å². The number of halogens is 1. The lowest BCUT2D eigenvalue weighted by atomic mass is 10.3. The van der Waals surface area contributed by atoms with Crippen molar-refractivity contribution in [2.75, 3.05) is 12.4 Å². The number of guanidine groups is 1. The molecule has 0 radical (unpaired) electrons. The second-order valence-electron chi connectivity index (χ2n) is 2.79. The van der Waals surface area contributed by atoms with Gasteiger partial charge in [0, 0.05) is 17.6 Å². The second-order valence-corrected chi connectivity index (χ2v) is 3.88. The summed E-state index contributed by atoms with van der Waals surface area (Å²) in [4.78, 5) is 15.4. The van der Waals surface area contributed by atoms with Crippen LogP contribution in [0.25, 0.3) is 0 Å². The molecule has 0 fully saturated rings. The van der Waals surface area contributed by atoms with E-state index in [1.165, 1.54) is 0 Å². The molecule has 0 spiro atoms. The number of urea groups is 1. The van der Waals surface area contributed by atoms with Gasteiger partial charge in [-0.25, -0.2) is 4.79 Å². The van der Waals surface area contributed by atoms with E-state index in [1.54, 1.807) is 7.05 Å². The summed E-state index contributed by atoms with van der Waals surface area (Å²) < 4.78 is 0. The Bertz CT molecular complexity index is 410. The average molecular weight is 259 g/mol. The number of benzene rings is 1. The molecular formula is C9H11ClN4OS. The van der Waals surface area contributed by atoms with Crippen molar-refractivity contribution in [1.82, 2.24) is 5.32 Å². The predicted molar refractivity (Wildman–Crippen MR) is 67.9 cm³/mol. The standard InChI is InChI=1S/C9H11ClN4OS/c1-12-9(14-8(11)15)13-6-3-2-4-7(5-6)16-10/h2-5H,1H3,(H4,11,12,13,14,15). The summed E-state index contributed by atoms with van der Waals surface area (Å²) in [6.07, 6.45) is 0. The summed E-state index contributed by atoms with van der Waals surface area (Å²) in [5, 5.41) is 5.25. The Morgan fingerprint density at radius 2 is 2.31 bits per heavy atom. The number of nitrogens with one attached hydrogen (secondary N) is 2. The molecular weight excluding hydrogens is 248 g/mol. The molecule has 86 valence electrons. The molecule has 0 aliphatic heterocycles. The van der Waals surface area contributed by atoms with Crippen LogP contribution in [-0.2, 0) is 0 Å². The average Bonchev–Trinajstić information content (AvgIpc) is 2.28. The molecule has 4 N–H and O–H groups in total. The maximum Gasteiger partial charge on any atom is 0.318 e. The number of carbonyl (C=O) groups excluding carboxylic acids is 1. The Labute approximate surface area is 102 Å². The van der Waals surface area contributed by atoms with Gasteiger partial charge in [-0.3, -0.25) is 10.3 Å². The Morgan fingerprint density at radius 1 is 1.56 bits per heavy atom. The second kappa shape index (κ2) is 6.24. The smallest absolute Gasteiger partial charge is 0.318 e. The van der Waals surface area contributed by atoms with Gasteiger partial charge in [-0.2, -0.15) is 0 Å². The van der Waals surface area contributed by atoms with E-state index >= 15 is 0 Å². The third kappa shape index (κ3) is 4.00. The van der Waals surface area contributed by atoms with Gasteiger partial charge < -0.3 is 11.1 Å². The summed E-state index contributed by atoms with van der Waals surface area (Å²) in [5.41, 5.74) is 5.75. The van der Waals surface area contributed by atoms with Crippen molar-refractivity contribution >= 4 is 39.3 Å². The number of nitrogens with two attached hydrogens (primary N) is 1. The van der Waals surface area contributed by atoms with Crippen molar-refractivity contribution in [2.45, 2.75) is 4.90 Å². The highest BCUT2D eigenvalue weighted by Crippen LogP contribution is 2.24. The first kappa shape index (κ1) is 12.7. The first-order chi connectivity index (χ1) is 7.65. The van der Waals surface area contributed by atoms with Gasteiger partial charge in [0.2, 0.25) is 5.96 Å². The van der Waals surface area contributed by atoms with Crippen LogP contribution in [-0.4, -0.2) is 19.0 Å². The molecule has 2 amide bonds. The number of aliphatic imine (C=N–C) groups is 1. The lowest BCUT2D eigenvalue weighted by Crippen LogP contribution is -2.39. The van der Waals surface area contributed by atoms with Crippen molar-refractivity contribution in [3.05, 3.63) is 24.3 Å². The fourth-order valence-corrected chi connectivity index (χ4v) is 1.61. The molecule has 0 aliphatic carbocycles. The summed E-state index contributed by atoms with van der Waals surface area (Å²) in [6.45, 7) is 0. The highest BCUT2D eigenvalue weighted by Gasteiger charge is 2.02. The van der Waals surface area contributed by atoms with Gasteiger partial charge >= 0.3 is 6.03 Å². The van der Waals surface area contributed by atoms with Gasteiger partial charge in [0.15, 0.2) is 0 Å². The number of amides is 2. The lowest BCUT2D eigenvalue weighted by molar-refractivity contribution is 0.253. The normalized spacial score (nSPS) is 11.0. The van der Waals surface area contributed by atoms with E-state index in [0.717, 1.165) is 21.6 Å². The van der Waals surface area contributed by atoms with Gasteiger partial charge in [0.25, 0.3) is 0 Å². The molecule has 0 aromatic heterocycles. The number of hydrogen-bond acceptors (Lipinski definition) is 3. The number of anilines is 1. The van der Waals surface area contributed by atoms with E-state index < -0.39 is 6.03 Å². The number of primary amides is 1. The Kier molecular flexibility index (Phi) is 4.94. The summed E-state index contributed by atoms with van der Waals surface area (Å²) >= 11 is 0. The van der Waals surface area contributed by atoms with Gasteiger partial charge in [-0.1, -0.05) is 6.07 Å². The highest BCUT2D eigenvalue weighted by molar-refractivity contribution is 8.21. The minimum atomic E-state index is -0.670. The molecule has 0 bridgehead atoms. The van der Waals surface area contributed by atoms with Crippen LogP contribution in [0.4, 0.5) is 10.5 Å². The van der Waals surface area contributed by atoms with Crippen LogP contribution in [0.2, 0.25) is 0 Å². The molecule has 0 atom stereocenters. The Balaban J connectivity index is 2.74. The minimum Gasteiger partial charge on any atom is -0.351 e. The van der Waals surface area contributed by atoms with Crippen molar-refractivity contribution in [3.63, 3.8) is 0 Å². The molecule has 1 rings (SSSR count).